The fourth-order valence-corrected chi connectivity index (χ4v) is 5.05. The first-order chi connectivity index (χ1) is 14.6. The summed E-state index contributed by atoms with van der Waals surface area (Å²) in [5.74, 6) is -0.781. The lowest BCUT2D eigenvalue weighted by Gasteiger charge is -2.01. The van der Waals surface area contributed by atoms with E-state index in [0.717, 1.165) is 0 Å². The van der Waals surface area contributed by atoms with Gasteiger partial charge in [0, 0.05) is 11.1 Å². The molecule has 0 aliphatic rings. The van der Waals surface area contributed by atoms with Crippen molar-refractivity contribution in [1.29, 1.82) is 10.5 Å². The van der Waals surface area contributed by atoms with Gasteiger partial charge in [-0.2, -0.15) is 10.5 Å². The summed E-state index contributed by atoms with van der Waals surface area (Å²) in [5, 5.41) is 20.0. The lowest BCUT2D eigenvalue weighted by Crippen LogP contribution is -1.83. The van der Waals surface area contributed by atoms with Crippen LogP contribution in [-0.2, 0) is 0 Å². The minimum Gasteiger partial charge on any atom is -0.348 e. The Morgan fingerprint density at radius 1 is 0.667 bits per heavy atom. The molecule has 146 valence electrons. The van der Waals surface area contributed by atoms with Gasteiger partial charge in [-0.3, -0.25) is 0 Å². The fraction of sp³-hybridized carbons (Fsp3) is 0. The molecule has 0 amide bonds. The van der Waals surface area contributed by atoms with Gasteiger partial charge in [-0.25, -0.2) is 8.78 Å². The van der Waals surface area contributed by atoms with Gasteiger partial charge >= 0.3 is 0 Å². The summed E-state index contributed by atoms with van der Waals surface area (Å²) in [5.41, 5.74) is 2.45. The van der Waals surface area contributed by atoms with Crippen LogP contribution in [0.1, 0.15) is 11.1 Å². The highest BCUT2D eigenvalue weighted by Crippen LogP contribution is 2.42. The van der Waals surface area contributed by atoms with Gasteiger partial charge in [0.2, 0.25) is 0 Å². The Kier molecular flexibility index (Phi) is 5.62. The maximum atomic E-state index is 14.1. The summed E-state index contributed by atoms with van der Waals surface area (Å²) in [6.07, 6.45) is 0. The summed E-state index contributed by atoms with van der Waals surface area (Å²) in [6.45, 7) is 0. The molecule has 0 spiro atoms. The third-order valence-corrected chi connectivity index (χ3v) is 6.65. The second-order valence-electron chi connectivity index (χ2n) is 6.20. The van der Waals surface area contributed by atoms with E-state index in [2.05, 4.69) is 22.1 Å². The third-order valence-electron chi connectivity index (χ3n) is 4.34. The zero-order chi connectivity index (χ0) is 21.1. The van der Waals surface area contributed by atoms with Crippen LogP contribution in [0.25, 0.3) is 22.5 Å². The normalized spacial score (nSPS) is 10.5. The summed E-state index contributed by atoms with van der Waals surface area (Å²) in [6, 6.07) is 20.0. The van der Waals surface area contributed by atoms with Gasteiger partial charge in [-0.05, 0) is 58.0 Å². The molecule has 0 saturated carbocycles. The van der Waals surface area contributed by atoms with Crippen molar-refractivity contribution in [2.75, 3.05) is 0 Å². The van der Waals surface area contributed by atoms with E-state index in [1.54, 1.807) is 48.5 Å². The quantitative estimate of drug-likeness (QED) is 0.352. The van der Waals surface area contributed by atoms with Crippen molar-refractivity contribution < 1.29 is 8.78 Å². The van der Waals surface area contributed by atoms with Crippen LogP contribution >= 0.6 is 21.6 Å². The smallest absolute Gasteiger partial charge is 0.132 e. The van der Waals surface area contributed by atoms with Crippen LogP contribution in [0.2, 0.25) is 0 Å². The molecule has 0 fully saturated rings. The summed E-state index contributed by atoms with van der Waals surface area (Å²) < 4.78 is 28.2. The van der Waals surface area contributed by atoms with Crippen molar-refractivity contribution in [3.63, 3.8) is 0 Å². The molecule has 0 saturated heterocycles. The van der Waals surface area contributed by atoms with Crippen molar-refractivity contribution in [3.05, 3.63) is 83.4 Å². The van der Waals surface area contributed by atoms with Crippen LogP contribution in [0.4, 0.5) is 8.78 Å². The molecule has 2 heterocycles. The van der Waals surface area contributed by atoms with Crippen molar-refractivity contribution in [1.82, 2.24) is 9.97 Å². The molecular weight excluding hydrogens is 422 g/mol. The van der Waals surface area contributed by atoms with Crippen LogP contribution in [0.15, 0.2) is 70.7 Å². The number of rotatable bonds is 5. The van der Waals surface area contributed by atoms with Crippen molar-refractivity contribution in [2.45, 2.75) is 10.1 Å². The van der Waals surface area contributed by atoms with E-state index in [1.165, 1.54) is 33.7 Å². The van der Waals surface area contributed by atoms with Crippen LogP contribution in [0.3, 0.4) is 0 Å². The van der Waals surface area contributed by atoms with Gasteiger partial charge in [0.25, 0.3) is 0 Å². The number of H-pyrrole nitrogens is 2. The van der Waals surface area contributed by atoms with E-state index in [1.807, 2.05) is 0 Å². The fourth-order valence-electron chi connectivity index (χ4n) is 2.90. The van der Waals surface area contributed by atoms with Gasteiger partial charge in [0.1, 0.15) is 33.8 Å². The molecule has 2 aromatic heterocycles. The number of hydrogen-bond acceptors (Lipinski definition) is 4. The van der Waals surface area contributed by atoms with Gasteiger partial charge in [-0.1, -0.05) is 24.3 Å². The minimum atomic E-state index is -0.391. The predicted octanol–water partition coefficient (Wildman–Crippen LogP) is 6.50. The first-order valence-corrected chi connectivity index (χ1v) is 10.9. The lowest BCUT2D eigenvalue weighted by molar-refractivity contribution is 0.630. The zero-order valence-corrected chi connectivity index (χ0v) is 16.9. The highest BCUT2D eigenvalue weighted by molar-refractivity contribution is 8.76. The van der Waals surface area contributed by atoms with Gasteiger partial charge < -0.3 is 9.97 Å². The van der Waals surface area contributed by atoms with Crippen LogP contribution in [-0.4, -0.2) is 9.97 Å². The molecule has 0 aliphatic heterocycles. The second kappa shape index (κ2) is 8.50. The van der Waals surface area contributed by atoms with E-state index in [9.17, 15) is 19.3 Å². The molecular formula is C22H12F2N4S2. The van der Waals surface area contributed by atoms with Crippen molar-refractivity contribution >= 4 is 21.6 Å². The Morgan fingerprint density at radius 3 is 1.43 bits per heavy atom. The molecule has 0 bridgehead atoms. The van der Waals surface area contributed by atoms with Gasteiger partial charge in [0.05, 0.1) is 22.5 Å². The number of aromatic nitrogens is 2. The monoisotopic (exact) mass is 434 g/mol. The van der Waals surface area contributed by atoms with Gasteiger partial charge in [-0.15, -0.1) is 0 Å². The van der Waals surface area contributed by atoms with E-state index in [-0.39, 0.29) is 0 Å². The van der Waals surface area contributed by atoms with Crippen molar-refractivity contribution in [2.24, 2.45) is 0 Å². The number of nitrogens with one attached hydrogen (secondary N) is 2. The van der Waals surface area contributed by atoms with E-state index in [4.69, 9.17) is 0 Å². The zero-order valence-electron chi connectivity index (χ0n) is 15.2. The summed E-state index contributed by atoms with van der Waals surface area (Å²) in [7, 11) is 2.46. The van der Waals surface area contributed by atoms with Crippen LogP contribution in [0, 0.1) is 34.3 Å². The number of benzene rings is 2. The molecule has 4 aromatic rings. The molecule has 4 rings (SSSR count). The SMILES string of the molecule is N#Cc1cc(-c2ccccc2F)[nH]c1SSc1[nH]c(-c2ccccc2F)cc1C#N. The highest BCUT2D eigenvalue weighted by atomic mass is 33.1. The van der Waals surface area contributed by atoms with Gasteiger partial charge in [0.15, 0.2) is 0 Å². The molecule has 0 atom stereocenters. The third kappa shape index (κ3) is 3.84. The molecule has 0 aliphatic carbocycles. The number of aromatic amines is 2. The average molecular weight is 434 g/mol. The topological polar surface area (TPSA) is 79.2 Å². The minimum absolute atomic E-state index is 0.366. The predicted molar refractivity (Wildman–Crippen MR) is 114 cm³/mol. The summed E-state index contributed by atoms with van der Waals surface area (Å²) >= 11 is 0. The van der Waals surface area contributed by atoms with Crippen LogP contribution < -0.4 is 0 Å². The number of hydrogen-bond donors (Lipinski definition) is 2. The molecule has 4 nitrogen and oxygen atoms in total. The molecule has 0 radical (unpaired) electrons. The van der Waals surface area contributed by atoms with Crippen molar-refractivity contribution in [3.8, 4) is 34.7 Å². The van der Waals surface area contributed by atoms with E-state index < -0.39 is 11.6 Å². The Bertz CT molecular complexity index is 1210. The lowest BCUT2D eigenvalue weighted by atomic mass is 10.1. The Morgan fingerprint density at radius 2 is 1.07 bits per heavy atom. The molecule has 8 heteroatoms. The first-order valence-electron chi connectivity index (χ1n) is 8.71. The highest BCUT2D eigenvalue weighted by Gasteiger charge is 2.16. The number of nitrogens with zero attached hydrogens (tertiary/aromatic N) is 2. The largest absolute Gasteiger partial charge is 0.348 e. The summed E-state index contributed by atoms with van der Waals surface area (Å²) in [4.78, 5) is 6.14. The van der Waals surface area contributed by atoms with E-state index in [0.29, 0.717) is 43.7 Å². The first kappa shape index (κ1) is 19.8. The standard InChI is InChI=1S/C22H12F2N4S2/c23-17-7-3-1-5-15(17)19-9-13(11-25)21(27-19)29-30-22-14(12-26)10-20(28-22)16-6-2-4-8-18(16)24/h1-10,27-28H. The Hall–Kier alpha value is -3.46. The Balaban J connectivity index is 1.61. The number of nitriles is 2. The van der Waals surface area contributed by atoms with E-state index >= 15 is 0 Å². The molecule has 30 heavy (non-hydrogen) atoms. The molecule has 2 N–H and O–H groups in total. The molecule has 0 unspecified atom stereocenters. The maximum Gasteiger partial charge on any atom is 0.132 e. The maximum absolute atomic E-state index is 14.1. The van der Waals surface area contributed by atoms with Crippen LogP contribution in [0.5, 0.6) is 0 Å². The average Bonchev–Trinajstić information content (AvgIpc) is 3.36. The molecule has 2 aromatic carbocycles. The number of halogens is 2. The Labute approximate surface area is 179 Å². The second-order valence-corrected chi connectivity index (χ2v) is 8.35.